The molecular weight excluding hydrogens is 364 g/mol. The largest absolute Gasteiger partial charge is 0.452 e. The molecule has 1 saturated heterocycles. The number of amides is 3. The van der Waals surface area contributed by atoms with E-state index in [1.165, 1.54) is 18.7 Å². The number of rotatable bonds is 8. The quantitative estimate of drug-likeness (QED) is 0.538. The van der Waals surface area contributed by atoms with Crippen molar-refractivity contribution in [1.29, 1.82) is 0 Å². The first-order valence-corrected chi connectivity index (χ1v) is 9.56. The van der Waals surface area contributed by atoms with E-state index in [2.05, 4.69) is 5.32 Å². The van der Waals surface area contributed by atoms with E-state index in [9.17, 15) is 19.2 Å². The van der Waals surface area contributed by atoms with Crippen LogP contribution in [0.15, 0.2) is 35.2 Å². The maximum Gasteiger partial charge on any atom is 0.317 e. The van der Waals surface area contributed by atoms with Gasteiger partial charge in [-0.1, -0.05) is 30.0 Å². The summed E-state index contributed by atoms with van der Waals surface area (Å²) < 4.78 is 5.08. The molecule has 1 aliphatic heterocycles. The number of nitrogens with one attached hydrogen (secondary N) is 1. The summed E-state index contributed by atoms with van der Waals surface area (Å²) in [7, 11) is 0. The Balaban J connectivity index is 1.66. The van der Waals surface area contributed by atoms with Crippen molar-refractivity contribution in [2.45, 2.75) is 17.9 Å². The van der Waals surface area contributed by atoms with Crippen LogP contribution in [0.4, 0.5) is 4.79 Å². The highest BCUT2D eigenvalue weighted by Gasteiger charge is 2.29. The number of esters is 1. The smallest absolute Gasteiger partial charge is 0.317 e. The Bertz CT molecular complexity index is 637. The monoisotopic (exact) mass is 382 g/mol. The lowest BCUT2D eigenvalue weighted by atomic mass is 10.3. The van der Waals surface area contributed by atoms with Gasteiger partial charge in [-0.15, -0.1) is 11.8 Å². The number of carbonyl (C=O) groups is 4. The Morgan fingerprint density at radius 2 is 2.04 bits per heavy atom. The average Bonchev–Trinajstić information content (AvgIpc) is 2.92. The number of imide groups is 1. The van der Waals surface area contributed by atoms with Gasteiger partial charge in [-0.05, 0) is 19.1 Å². The van der Waals surface area contributed by atoms with Crippen LogP contribution in [0.1, 0.15) is 6.92 Å². The summed E-state index contributed by atoms with van der Waals surface area (Å²) in [5.41, 5.74) is 0. The van der Waals surface area contributed by atoms with Crippen LogP contribution in [0.3, 0.4) is 0 Å². The minimum atomic E-state index is -0.941. The van der Waals surface area contributed by atoms with Crippen LogP contribution >= 0.6 is 23.5 Å². The fourth-order valence-electron chi connectivity index (χ4n) is 1.98. The molecule has 1 aromatic rings. The third-order valence-electron chi connectivity index (χ3n) is 3.25. The summed E-state index contributed by atoms with van der Waals surface area (Å²) in [6.07, 6.45) is -0.941. The Morgan fingerprint density at radius 3 is 2.68 bits per heavy atom. The highest BCUT2D eigenvalue weighted by atomic mass is 32.2. The molecule has 0 bridgehead atoms. The molecule has 0 radical (unpaired) electrons. The third kappa shape index (κ3) is 6.09. The minimum Gasteiger partial charge on any atom is -0.452 e. The van der Waals surface area contributed by atoms with Gasteiger partial charge in [0.2, 0.25) is 5.91 Å². The molecule has 7 nitrogen and oxygen atoms in total. The van der Waals surface area contributed by atoms with Gasteiger partial charge in [0.15, 0.2) is 6.10 Å². The predicted octanol–water partition coefficient (Wildman–Crippen LogP) is 1.52. The summed E-state index contributed by atoms with van der Waals surface area (Å²) in [5, 5.41) is 2.24. The lowest BCUT2D eigenvalue weighted by Crippen LogP contribution is -2.41. The van der Waals surface area contributed by atoms with Crippen LogP contribution in [0.2, 0.25) is 0 Å². The highest BCUT2D eigenvalue weighted by Crippen LogP contribution is 2.18. The zero-order valence-electron chi connectivity index (χ0n) is 13.6. The Labute approximate surface area is 153 Å². The zero-order valence-corrected chi connectivity index (χ0v) is 15.2. The van der Waals surface area contributed by atoms with Crippen molar-refractivity contribution in [3.63, 3.8) is 0 Å². The number of nitrogens with zero attached hydrogens (tertiary/aromatic N) is 1. The second kappa shape index (κ2) is 9.47. The van der Waals surface area contributed by atoms with Gasteiger partial charge in [-0.3, -0.25) is 24.1 Å². The lowest BCUT2D eigenvalue weighted by molar-refractivity contribution is -0.152. The molecule has 1 heterocycles. The number of ether oxygens (including phenoxy) is 1. The molecule has 1 fully saturated rings. The van der Waals surface area contributed by atoms with Gasteiger partial charge in [-0.25, -0.2) is 0 Å². The number of benzene rings is 1. The van der Waals surface area contributed by atoms with E-state index in [0.29, 0.717) is 0 Å². The molecule has 0 saturated carbocycles. The van der Waals surface area contributed by atoms with Gasteiger partial charge in [0.05, 0.1) is 11.5 Å². The summed E-state index contributed by atoms with van der Waals surface area (Å²) in [6, 6.07) is 9.40. The van der Waals surface area contributed by atoms with Gasteiger partial charge in [0.25, 0.3) is 11.1 Å². The molecule has 3 amide bonds. The van der Waals surface area contributed by atoms with Gasteiger partial charge < -0.3 is 10.1 Å². The Kier molecular flexibility index (Phi) is 7.32. The summed E-state index contributed by atoms with van der Waals surface area (Å²) in [6.45, 7) is 1.71. The molecule has 1 atom stereocenters. The molecule has 0 aromatic heterocycles. The van der Waals surface area contributed by atoms with E-state index in [-0.39, 0.29) is 35.7 Å². The van der Waals surface area contributed by atoms with Crippen LogP contribution in [0, 0.1) is 0 Å². The molecule has 25 heavy (non-hydrogen) atoms. The van der Waals surface area contributed by atoms with Crippen LogP contribution < -0.4 is 5.32 Å². The number of hydrogen-bond donors (Lipinski definition) is 1. The van der Waals surface area contributed by atoms with Gasteiger partial charge in [0.1, 0.15) is 0 Å². The minimum absolute atomic E-state index is 0.107. The topological polar surface area (TPSA) is 92.8 Å². The van der Waals surface area contributed by atoms with Gasteiger partial charge in [0, 0.05) is 18.0 Å². The van der Waals surface area contributed by atoms with Crippen molar-refractivity contribution in [3.8, 4) is 0 Å². The first-order chi connectivity index (χ1) is 12.0. The maximum atomic E-state index is 11.9. The summed E-state index contributed by atoms with van der Waals surface area (Å²) >= 11 is 2.27. The van der Waals surface area contributed by atoms with Crippen molar-refractivity contribution in [3.05, 3.63) is 30.3 Å². The van der Waals surface area contributed by atoms with E-state index in [0.717, 1.165) is 21.6 Å². The van der Waals surface area contributed by atoms with Crippen molar-refractivity contribution in [2.24, 2.45) is 0 Å². The third-order valence-corrected chi connectivity index (χ3v) is 5.10. The van der Waals surface area contributed by atoms with Crippen LogP contribution in [0.25, 0.3) is 0 Å². The summed E-state index contributed by atoms with van der Waals surface area (Å²) in [5.74, 6) is -0.973. The highest BCUT2D eigenvalue weighted by molar-refractivity contribution is 8.14. The zero-order chi connectivity index (χ0) is 18.2. The Morgan fingerprint density at radius 1 is 1.32 bits per heavy atom. The molecule has 1 N–H and O–H groups in total. The maximum absolute atomic E-state index is 11.9. The van der Waals surface area contributed by atoms with Crippen LogP contribution in [-0.4, -0.2) is 58.6 Å². The SMILES string of the molecule is C[C@H](OC(=O)CSc1ccccc1)C(=O)NCCN1C(=O)CSC1=O. The van der Waals surface area contributed by atoms with Crippen LogP contribution in [-0.2, 0) is 19.1 Å². The fraction of sp³-hybridized carbons (Fsp3) is 0.375. The first-order valence-electron chi connectivity index (χ1n) is 7.59. The molecule has 0 spiro atoms. The van der Waals surface area contributed by atoms with Crippen molar-refractivity contribution in [2.75, 3.05) is 24.6 Å². The van der Waals surface area contributed by atoms with E-state index >= 15 is 0 Å². The van der Waals surface area contributed by atoms with Gasteiger partial charge >= 0.3 is 5.97 Å². The molecule has 1 aromatic carbocycles. The normalized spacial score (nSPS) is 15.2. The first kappa shape index (κ1) is 19.3. The molecule has 0 unspecified atom stereocenters. The Hall–Kier alpha value is -2.00. The van der Waals surface area contributed by atoms with E-state index in [4.69, 9.17) is 4.74 Å². The van der Waals surface area contributed by atoms with E-state index in [1.54, 1.807) is 0 Å². The standard InChI is InChI=1S/C16H18N2O5S2/c1-11(23-14(20)10-24-12-5-3-2-4-6-12)15(21)17-7-8-18-13(19)9-25-16(18)22/h2-6,11H,7-10H2,1H3,(H,17,21)/t11-/m0/s1. The number of carbonyl (C=O) groups excluding carboxylic acids is 4. The fourth-order valence-corrected chi connectivity index (χ4v) is 3.43. The summed E-state index contributed by atoms with van der Waals surface area (Å²) in [4.78, 5) is 48.6. The molecular formula is C16H18N2O5S2. The van der Waals surface area contributed by atoms with Crippen molar-refractivity contribution >= 4 is 46.5 Å². The molecule has 0 aliphatic carbocycles. The van der Waals surface area contributed by atoms with Gasteiger partial charge in [-0.2, -0.15) is 0 Å². The van der Waals surface area contributed by atoms with E-state index < -0.39 is 18.0 Å². The molecule has 134 valence electrons. The molecule has 2 rings (SSSR count). The van der Waals surface area contributed by atoms with Crippen molar-refractivity contribution in [1.82, 2.24) is 10.2 Å². The van der Waals surface area contributed by atoms with E-state index in [1.807, 2.05) is 30.3 Å². The van der Waals surface area contributed by atoms with Crippen molar-refractivity contribution < 1.29 is 23.9 Å². The molecule has 9 heteroatoms. The number of hydrogen-bond acceptors (Lipinski definition) is 7. The molecule has 1 aliphatic rings. The van der Waals surface area contributed by atoms with Crippen LogP contribution in [0.5, 0.6) is 0 Å². The number of thioether (sulfide) groups is 2. The second-order valence-corrected chi connectivity index (χ2v) is 7.10. The average molecular weight is 382 g/mol. The second-order valence-electron chi connectivity index (χ2n) is 5.12. The predicted molar refractivity (Wildman–Crippen MR) is 95.3 cm³/mol. The lowest BCUT2D eigenvalue weighted by Gasteiger charge is -2.16.